The number of aliphatic hydroxyl groups excluding tert-OH is 2. The van der Waals surface area contributed by atoms with Crippen LogP contribution in [0.4, 0.5) is 0 Å². The number of carboxylic acids is 1. The normalized spacial score (nSPS) is 14.5. The van der Waals surface area contributed by atoms with Crippen LogP contribution in [0.2, 0.25) is 0 Å². The van der Waals surface area contributed by atoms with Crippen molar-refractivity contribution in [3.05, 3.63) is 0 Å². The van der Waals surface area contributed by atoms with E-state index in [1.807, 2.05) is 6.92 Å². The average molecular weight is 565 g/mol. The number of rotatable bonds is 24. The Morgan fingerprint density at radius 3 is 1.79 bits per heavy atom. The first-order valence-corrected chi connectivity index (χ1v) is 14.6. The number of hydrogen-bond donors (Lipinski definition) is 5. The molecule has 0 spiro atoms. The van der Waals surface area contributed by atoms with Crippen molar-refractivity contribution in [2.45, 2.75) is 69.3 Å². The van der Waals surface area contributed by atoms with E-state index in [-0.39, 0.29) is 29.4 Å². The zero-order valence-corrected chi connectivity index (χ0v) is 24.8. The standard InChI is InChI=1S/C26H52N4O7S/c1-20(25(35)29(2)3)10-13-27-18-21(31)8-6-15-37-16-7-9-22(32)19-28-14-11-23(26(36)30(4)5)38-17-12-24(33)34/h20-23,27-28,31-32H,6-19H2,1-5H3,(H,33,34). The number of carbonyl (C=O) groups excluding carboxylic acids is 2. The van der Waals surface area contributed by atoms with Crippen LogP contribution >= 0.6 is 11.8 Å². The summed E-state index contributed by atoms with van der Waals surface area (Å²) in [5.41, 5.74) is 0. The van der Waals surface area contributed by atoms with Crippen molar-refractivity contribution in [2.75, 3.05) is 73.3 Å². The summed E-state index contributed by atoms with van der Waals surface area (Å²) in [6, 6.07) is 0. The van der Waals surface area contributed by atoms with Gasteiger partial charge in [-0.1, -0.05) is 6.92 Å². The van der Waals surface area contributed by atoms with E-state index in [0.29, 0.717) is 64.4 Å². The molecular formula is C26H52N4O7S. The summed E-state index contributed by atoms with van der Waals surface area (Å²) in [5.74, 6) is -0.449. The van der Waals surface area contributed by atoms with Gasteiger partial charge in [0, 0.05) is 66.2 Å². The summed E-state index contributed by atoms with van der Waals surface area (Å²) in [6.07, 6.45) is 3.07. The second kappa shape index (κ2) is 22.4. The van der Waals surface area contributed by atoms with Crippen LogP contribution in [-0.2, 0) is 19.1 Å². The third-order valence-corrected chi connectivity index (χ3v) is 7.24. The molecule has 0 radical (unpaired) electrons. The number of carboxylic acid groups (broad SMARTS) is 1. The van der Waals surface area contributed by atoms with Gasteiger partial charge in [-0.25, -0.2) is 0 Å². The summed E-state index contributed by atoms with van der Waals surface area (Å²) in [6.45, 7) is 5.17. The SMILES string of the molecule is CC(CCNCC(O)CCCOCCCC(O)CNCCC(SCCC(=O)O)C(=O)N(C)C)C(=O)N(C)C. The Labute approximate surface area is 233 Å². The highest BCUT2D eigenvalue weighted by Crippen LogP contribution is 2.17. The fourth-order valence-corrected chi connectivity index (χ4v) is 4.87. The molecule has 0 heterocycles. The van der Waals surface area contributed by atoms with E-state index in [1.54, 1.807) is 33.1 Å². The molecule has 0 rings (SSSR count). The molecule has 0 fully saturated rings. The van der Waals surface area contributed by atoms with Crippen LogP contribution in [-0.4, -0.2) is 134 Å². The summed E-state index contributed by atoms with van der Waals surface area (Å²) >= 11 is 1.35. The molecule has 0 aromatic rings. The number of carbonyl (C=O) groups is 3. The molecule has 0 aromatic heterocycles. The van der Waals surface area contributed by atoms with Crippen molar-refractivity contribution in [1.29, 1.82) is 0 Å². The van der Waals surface area contributed by atoms with Crippen LogP contribution in [0.25, 0.3) is 0 Å². The topological polar surface area (TPSA) is 152 Å². The Hall–Kier alpha value is -1.44. The molecule has 2 amide bonds. The summed E-state index contributed by atoms with van der Waals surface area (Å²) in [4.78, 5) is 37.9. The van der Waals surface area contributed by atoms with Crippen molar-refractivity contribution < 1.29 is 34.4 Å². The molecule has 0 aliphatic rings. The van der Waals surface area contributed by atoms with E-state index in [4.69, 9.17) is 9.84 Å². The molecule has 0 saturated carbocycles. The van der Waals surface area contributed by atoms with Gasteiger partial charge in [-0.15, -0.1) is 11.8 Å². The minimum atomic E-state index is -0.874. The van der Waals surface area contributed by atoms with Gasteiger partial charge in [0.25, 0.3) is 0 Å². The van der Waals surface area contributed by atoms with Gasteiger partial charge in [0.05, 0.1) is 23.9 Å². The fraction of sp³-hybridized carbons (Fsp3) is 0.885. The molecule has 4 atom stereocenters. The second-order valence-corrected chi connectivity index (χ2v) is 11.4. The molecule has 5 N–H and O–H groups in total. The van der Waals surface area contributed by atoms with Crippen LogP contribution in [0, 0.1) is 5.92 Å². The highest BCUT2D eigenvalue weighted by molar-refractivity contribution is 8.00. The van der Waals surface area contributed by atoms with Crippen molar-refractivity contribution in [3.8, 4) is 0 Å². The lowest BCUT2D eigenvalue weighted by Crippen LogP contribution is -2.35. The number of nitrogens with zero attached hydrogens (tertiary/aromatic N) is 2. The third kappa shape index (κ3) is 19.6. The maximum absolute atomic E-state index is 12.3. The van der Waals surface area contributed by atoms with Crippen LogP contribution in [0.3, 0.4) is 0 Å². The van der Waals surface area contributed by atoms with Crippen LogP contribution in [0.15, 0.2) is 0 Å². The molecular weight excluding hydrogens is 512 g/mol. The van der Waals surface area contributed by atoms with E-state index < -0.39 is 18.2 Å². The van der Waals surface area contributed by atoms with Gasteiger partial charge in [0.2, 0.25) is 11.8 Å². The largest absolute Gasteiger partial charge is 0.481 e. The Morgan fingerprint density at radius 1 is 0.816 bits per heavy atom. The first-order chi connectivity index (χ1) is 18.0. The van der Waals surface area contributed by atoms with E-state index in [2.05, 4.69) is 10.6 Å². The molecule has 11 nitrogen and oxygen atoms in total. The number of ether oxygens (including phenoxy) is 1. The highest BCUT2D eigenvalue weighted by atomic mass is 32.2. The van der Waals surface area contributed by atoms with Crippen molar-refractivity contribution >= 4 is 29.5 Å². The van der Waals surface area contributed by atoms with Gasteiger partial charge >= 0.3 is 5.97 Å². The summed E-state index contributed by atoms with van der Waals surface area (Å²) in [5, 5.41) is 35.1. The van der Waals surface area contributed by atoms with Crippen LogP contribution < -0.4 is 10.6 Å². The lowest BCUT2D eigenvalue weighted by atomic mass is 10.1. The lowest BCUT2D eigenvalue weighted by Gasteiger charge is -2.20. The minimum absolute atomic E-state index is 0.0227. The van der Waals surface area contributed by atoms with E-state index in [9.17, 15) is 24.6 Å². The van der Waals surface area contributed by atoms with Crippen molar-refractivity contribution in [2.24, 2.45) is 5.92 Å². The van der Waals surface area contributed by atoms with Crippen LogP contribution in [0.1, 0.15) is 51.9 Å². The maximum Gasteiger partial charge on any atom is 0.304 e. The Balaban J connectivity index is 3.78. The Kier molecular flexibility index (Phi) is 21.5. The molecule has 12 heteroatoms. The molecule has 0 aromatic carbocycles. The fourth-order valence-electron chi connectivity index (χ4n) is 3.66. The van der Waals surface area contributed by atoms with Gasteiger partial charge in [0.15, 0.2) is 0 Å². The zero-order valence-electron chi connectivity index (χ0n) is 24.0. The third-order valence-electron chi connectivity index (χ3n) is 5.96. The van der Waals surface area contributed by atoms with E-state index in [1.165, 1.54) is 16.7 Å². The molecule has 224 valence electrons. The first-order valence-electron chi connectivity index (χ1n) is 13.6. The predicted octanol–water partition coefficient (Wildman–Crippen LogP) is 0.634. The van der Waals surface area contributed by atoms with Crippen molar-refractivity contribution in [3.63, 3.8) is 0 Å². The number of aliphatic hydroxyl groups is 2. The minimum Gasteiger partial charge on any atom is -0.481 e. The molecule has 0 saturated heterocycles. The zero-order chi connectivity index (χ0) is 28.9. The van der Waals surface area contributed by atoms with E-state index in [0.717, 1.165) is 19.3 Å². The summed E-state index contributed by atoms with van der Waals surface area (Å²) < 4.78 is 5.61. The number of aliphatic carboxylic acids is 1. The maximum atomic E-state index is 12.3. The first kappa shape index (κ1) is 36.6. The van der Waals surface area contributed by atoms with Crippen molar-refractivity contribution in [1.82, 2.24) is 20.4 Å². The molecule has 4 unspecified atom stereocenters. The lowest BCUT2D eigenvalue weighted by molar-refractivity contribution is -0.136. The molecule has 0 bridgehead atoms. The van der Waals surface area contributed by atoms with Gasteiger partial charge in [-0.3, -0.25) is 14.4 Å². The van der Waals surface area contributed by atoms with E-state index >= 15 is 0 Å². The molecule has 0 aliphatic heterocycles. The van der Waals surface area contributed by atoms with Crippen LogP contribution in [0.5, 0.6) is 0 Å². The average Bonchev–Trinajstić information content (AvgIpc) is 2.85. The smallest absolute Gasteiger partial charge is 0.304 e. The Morgan fingerprint density at radius 2 is 1.32 bits per heavy atom. The molecule has 0 aliphatic carbocycles. The number of amides is 2. The predicted molar refractivity (Wildman–Crippen MR) is 151 cm³/mol. The Bertz CT molecular complexity index is 655. The number of thioether (sulfide) groups is 1. The van der Waals surface area contributed by atoms with Gasteiger partial charge < -0.3 is 40.5 Å². The highest BCUT2D eigenvalue weighted by Gasteiger charge is 2.21. The van der Waals surface area contributed by atoms with Gasteiger partial charge in [-0.2, -0.15) is 0 Å². The monoisotopic (exact) mass is 564 g/mol. The van der Waals surface area contributed by atoms with Gasteiger partial charge in [-0.05, 0) is 51.6 Å². The van der Waals surface area contributed by atoms with Gasteiger partial charge in [0.1, 0.15) is 0 Å². The number of nitrogens with one attached hydrogen (secondary N) is 2. The quantitative estimate of drug-likeness (QED) is 0.106. The molecule has 38 heavy (non-hydrogen) atoms. The number of hydrogen-bond acceptors (Lipinski definition) is 9. The summed E-state index contributed by atoms with van der Waals surface area (Å²) in [7, 11) is 6.88. The second-order valence-electron chi connectivity index (χ2n) is 10.1.